The predicted molar refractivity (Wildman–Crippen MR) is 142 cm³/mol. The second-order valence-electron chi connectivity index (χ2n) is 8.14. The summed E-state index contributed by atoms with van der Waals surface area (Å²) >= 11 is 0. The number of para-hydroxylation sites is 2. The third kappa shape index (κ3) is 5.20. The van der Waals surface area contributed by atoms with E-state index in [-0.39, 0.29) is 5.69 Å². The van der Waals surface area contributed by atoms with Gasteiger partial charge in [-0.1, -0.05) is 66.7 Å². The fraction of sp³-hybridized carbons (Fsp3) is 0.0345. The fourth-order valence-electron chi connectivity index (χ4n) is 3.85. The summed E-state index contributed by atoms with van der Waals surface area (Å²) in [7, 11) is 0. The lowest BCUT2D eigenvalue weighted by Crippen LogP contribution is -2.16. The highest BCUT2D eigenvalue weighted by molar-refractivity contribution is 5.89. The van der Waals surface area contributed by atoms with Gasteiger partial charge in [0.15, 0.2) is 0 Å². The molecule has 0 amide bonds. The van der Waals surface area contributed by atoms with E-state index in [2.05, 4.69) is 12.1 Å². The zero-order valence-corrected chi connectivity index (χ0v) is 19.4. The summed E-state index contributed by atoms with van der Waals surface area (Å²) in [4.78, 5) is 10.7. The Morgan fingerprint density at radius 1 is 0.833 bits per heavy atom. The van der Waals surface area contributed by atoms with Crippen molar-refractivity contribution in [1.29, 1.82) is 0 Å². The van der Waals surface area contributed by atoms with Crippen LogP contribution in [0.15, 0.2) is 127 Å². The molecule has 1 heterocycles. The van der Waals surface area contributed by atoms with Gasteiger partial charge < -0.3 is 0 Å². The minimum atomic E-state index is -0.407. The summed E-state index contributed by atoms with van der Waals surface area (Å²) in [5.41, 5.74) is 5.29. The first-order valence-corrected chi connectivity index (χ1v) is 11.5. The predicted octanol–water partition coefficient (Wildman–Crippen LogP) is 6.49. The third-order valence-electron chi connectivity index (χ3n) is 5.68. The zero-order chi connectivity index (χ0) is 24.7. The topological polar surface area (TPSA) is 76.6 Å². The van der Waals surface area contributed by atoms with Gasteiger partial charge in [-0.3, -0.25) is 15.1 Å². The maximum absolute atomic E-state index is 11.1. The summed E-state index contributed by atoms with van der Waals surface area (Å²) in [5.74, 6) is 0. The first kappa shape index (κ1) is 22.7. The molecule has 0 spiro atoms. The van der Waals surface area contributed by atoms with Gasteiger partial charge in [-0.2, -0.15) is 10.2 Å². The van der Waals surface area contributed by atoms with Crippen LogP contribution in [0.25, 0.3) is 16.9 Å². The lowest BCUT2D eigenvalue weighted by Gasteiger charge is -2.19. The molecule has 0 bridgehead atoms. The number of hydrogen-bond donors (Lipinski definition) is 0. The van der Waals surface area contributed by atoms with Gasteiger partial charge >= 0.3 is 0 Å². The van der Waals surface area contributed by atoms with Crippen LogP contribution in [-0.2, 0) is 6.54 Å². The van der Waals surface area contributed by atoms with Crippen molar-refractivity contribution < 1.29 is 4.92 Å². The first-order chi connectivity index (χ1) is 17.7. The average molecular weight is 474 g/mol. The summed E-state index contributed by atoms with van der Waals surface area (Å²) in [6.07, 6.45) is 3.71. The van der Waals surface area contributed by atoms with Gasteiger partial charge in [0.25, 0.3) is 5.69 Å². The summed E-state index contributed by atoms with van der Waals surface area (Å²) in [6, 6.07) is 36.4. The van der Waals surface area contributed by atoms with Crippen LogP contribution in [0.4, 0.5) is 11.4 Å². The molecule has 0 N–H and O–H groups in total. The van der Waals surface area contributed by atoms with Gasteiger partial charge in [0.05, 0.1) is 29.1 Å². The van der Waals surface area contributed by atoms with Crippen molar-refractivity contribution in [2.75, 3.05) is 5.01 Å². The average Bonchev–Trinajstić information content (AvgIpc) is 3.37. The fourth-order valence-corrected chi connectivity index (χ4v) is 3.85. The molecule has 4 aromatic carbocycles. The molecule has 0 saturated carbocycles. The lowest BCUT2D eigenvalue weighted by molar-refractivity contribution is -0.384. The Balaban J connectivity index is 1.55. The smallest absolute Gasteiger partial charge is 0.261 e. The number of anilines is 1. The molecule has 0 atom stereocenters. The van der Waals surface area contributed by atoms with E-state index in [1.807, 2.05) is 90.1 Å². The van der Waals surface area contributed by atoms with Gasteiger partial charge in [-0.05, 0) is 42.0 Å². The molecular formula is C29H23N5O2. The number of aromatic nitrogens is 2. The highest BCUT2D eigenvalue weighted by Gasteiger charge is 2.14. The molecule has 7 nitrogen and oxygen atoms in total. The molecule has 176 valence electrons. The van der Waals surface area contributed by atoms with E-state index >= 15 is 0 Å². The SMILES string of the molecule is O=[N+]([O-])c1ccc(-c2nn(-c3ccccc3)cc2/C=N/N(Cc2ccccc2)c2ccccc2)cc1. The summed E-state index contributed by atoms with van der Waals surface area (Å²) in [5, 5.41) is 22.7. The van der Waals surface area contributed by atoms with Crippen molar-refractivity contribution >= 4 is 17.6 Å². The van der Waals surface area contributed by atoms with Gasteiger partial charge in [-0.25, -0.2) is 4.68 Å². The second kappa shape index (κ2) is 10.5. The van der Waals surface area contributed by atoms with Crippen molar-refractivity contribution in [3.05, 3.63) is 143 Å². The maximum atomic E-state index is 11.1. The first-order valence-electron chi connectivity index (χ1n) is 11.5. The molecule has 0 radical (unpaired) electrons. The Labute approximate surface area is 208 Å². The normalized spacial score (nSPS) is 11.0. The molecule has 0 aliphatic heterocycles. The van der Waals surface area contributed by atoms with Crippen LogP contribution in [0.5, 0.6) is 0 Å². The van der Waals surface area contributed by atoms with Crippen molar-refractivity contribution in [2.24, 2.45) is 5.10 Å². The minimum absolute atomic E-state index is 0.0366. The van der Waals surface area contributed by atoms with Crippen LogP contribution in [0.3, 0.4) is 0 Å². The molecule has 0 saturated heterocycles. The van der Waals surface area contributed by atoms with Gasteiger partial charge in [0.2, 0.25) is 0 Å². The second-order valence-corrected chi connectivity index (χ2v) is 8.14. The molecule has 5 rings (SSSR count). The molecule has 36 heavy (non-hydrogen) atoms. The number of non-ortho nitro benzene ring substituents is 1. The molecule has 0 aliphatic carbocycles. The Kier molecular flexibility index (Phi) is 6.62. The van der Waals surface area contributed by atoms with E-state index in [4.69, 9.17) is 10.2 Å². The van der Waals surface area contributed by atoms with E-state index in [0.717, 1.165) is 28.1 Å². The van der Waals surface area contributed by atoms with Crippen molar-refractivity contribution in [1.82, 2.24) is 9.78 Å². The Morgan fingerprint density at radius 2 is 1.44 bits per heavy atom. The van der Waals surface area contributed by atoms with E-state index in [9.17, 15) is 10.1 Å². The molecule has 0 aliphatic rings. The molecule has 5 aromatic rings. The Bertz CT molecular complexity index is 1470. The quantitative estimate of drug-likeness (QED) is 0.147. The minimum Gasteiger partial charge on any atom is -0.261 e. The van der Waals surface area contributed by atoms with Crippen LogP contribution in [0.2, 0.25) is 0 Å². The lowest BCUT2D eigenvalue weighted by atomic mass is 10.1. The van der Waals surface area contributed by atoms with Crippen LogP contribution in [0, 0.1) is 10.1 Å². The molecule has 0 unspecified atom stereocenters. The van der Waals surface area contributed by atoms with Crippen LogP contribution in [0.1, 0.15) is 11.1 Å². The molecule has 1 aromatic heterocycles. The van der Waals surface area contributed by atoms with Gasteiger partial charge in [-0.15, -0.1) is 0 Å². The van der Waals surface area contributed by atoms with Gasteiger partial charge in [0.1, 0.15) is 5.69 Å². The van der Waals surface area contributed by atoms with Crippen LogP contribution < -0.4 is 5.01 Å². The van der Waals surface area contributed by atoms with Crippen LogP contribution >= 0.6 is 0 Å². The molecule has 7 heteroatoms. The number of nitro benzene ring substituents is 1. The zero-order valence-electron chi connectivity index (χ0n) is 19.4. The number of benzene rings is 4. The van der Waals surface area contributed by atoms with E-state index in [1.54, 1.807) is 23.0 Å². The van der Waals surface area contributed by atoms with E-state index in [1.165, 1.54) is 12.1 Å². The van der Waals surface area contributed by atoms with Gasteiger partial charge in [0, 0.05) is 29.5 Å². The summed E-state index contributed by atoms with van der Waals surface area (Å²) < 4.78 is 1.79. The number of hydrazone groups is 1. The largest absolute Gasteiger partial charge is 0.269 e. The number of nitro groups is 1. The third-order valence-corrected chi connectivity index (χ3v) is 5.68. The number of hydrogen-bond acceptors (Lipinski definition) is 5. The standard InChI is InChI=1S/C29H23N5O2/c35-34(36)28-18-16-24(17-19-28)29-25(22-33(31-29)27-14-8-3-9-15-27)20-30-32(26-12-6-2-7-13-26)21-23-10-4-1-5-11-23/h1-20,22H,21H2/b30-20+. The summed E-state index contributed by atoms with van der Waals surface area (Å²) in [6.45, 7) is 0.598. The van der Waals surface area contributed by atoms with E-state index < -0.39 is 4.92 Å². The molecule has 0 fully saturated rings. The Morgan fingerprint density at radius 3 is 2.08 bits per heavy atom. The van der Waals surface area contributed by atoms with Crippen LogP contribution in [-0.4, -0.2) is 20.9 Å². The Hall–Kier alpha value is -5.04. The highest BCUT2D eigenvalue weighted by atomic mass is 16.6. The van der Waals surface area contributed by atoms with E-state index in [0.29, 0.717) is 12.2 Å². The monoisotopic (exact) mass is 473 g/mol. The van der Waals surface area contributed by atoms with Crippen molar-refractivity contribution in [3.63, 3.8) is 0 Å². The number of nitrogens with zero attached hydrogens (tertiary/aromatic N) is 5. The maximum Gasteiger partial charge on any atom is 0.269 e. The van der Waals surface area contributed by atoms with Crippen molar-refractivity contribution in [3.8, 4) is 16.9 Å². The highest BCUT2D eigenvalue weighted by Crippen LogP contribution is 2.26. The molecular weight excluding hydrogens is 450 g/mol. The number of rotatable bonds is 8. The van der Waals surface area contributed by atoms with Crippen molar-refractivity contribution in [2.45, 2.75) is 6.54 Å².